The maximum atomic E-state index is 12.0. The van der Waals surface area contributed by atoms with Crippen LogP contribution in [0.15, 0.2) is 22.8 Å². The Kier molecular flexibility index (Phi) is 5.01. The van der Waals surface area contributed by atoms with Crippen molar-refractivity contribution in [1.29, 1.82) is 0 Å². The lowest BCUT2D eigenvalue weighted by Crippen LogP contribution is -2.29. The smallest absolute Gasteiger partial charge is 0.311 e. The fourth-order valence-corrected chi connectivity index (χ4v) is 3.02. The van der Waals surface area contributed by atoms with E-state index in [9.17, 15) is 14.7 Å². The Hall–Kier alpha value is -1.82. The average molecular weight is 296 g/mol. The summed E-state index contributed by atoms with van der Waals surface area (Å²) in [5.74, 6) is -1.56. The second kappa shape index (κ2) is 6.76. The Bertz CT molecular complexity index is 480. The van der Waals surface area contributed by atoms with E-state index in [0.29, 0.717) is 18.6 Å². The summed E-state index contributed by atoms with van der Waals surface area (Å²) in [7, 11) is 2.63. The summed E-state index contributed by atoms with van der Waals surface area (Å²) in [6, 6.07) is 3.50. The third-order valence-corrected chi connectivity index (χ3v) is 4.15. The summed E-state index contributed by atoms with van der Waals surface area (Å²) in [4.78, 5) is 23.8. The third kappa shape index (κ3) is 3.26. The number of hydrogen-bond acceptors (Lipinski definition) is 6. The molecule has 2 rings (SSSR count). The molecular weight excluding hydrogens is 276 g/mol. The fraction of sp³-hybridized carbons (Fsp3) is 0.600. The van der Waals surface area contributed by atoms with Crippen molar-refractivity contribution in [1.82, 2.24) is 0 Å². The van der Waals surface area contributed by atoms with E-state index in [1.165, 1.54) is 20.5 Å². The molecule has 1 heterocycles. The Morgan fingerprint density at radius 1 is 1.19 bits per heavy atom. The molecule has 21 heavy (non-hydrogen) atoms. The van der Waals surface area contributed by atoms with E-state index < -0.39 is 23.9 Å². The summed E-state index contributed by atoms with van der Waals surface area (Å²) in [5.41, 5.74) is 0. The second-order valence-corrected chi connectivity index (χ2v) is 5.26. The zero-order valence-electron chi connectivity index (χ0n) is 12.2. The lowest BCUT2D eigenvalue weighted by atomic mass is 9.85. The molecule has 1 aliphatic carbocycles. The van der Waals surface area contributed by atoms with Crippen LogP contribution in [0.5, 0.6) is 0 Å². The Morgan fingerprint density at radius 2 is 1.81 bits per heavy atom. The van der Waals surface area contributed by atoms with Crippen molar-refractivity contribution in [3.8, 4) is 0 Å². The van der Waals surface area contributed by atoms with Crippen LogP contribution in [-0.4, -0.2) is 37.4 Å². The minimum Gasteiger partial charge on any atom is -0.469 e. The van der Waals surface area contributed by atoms with E-state index in [1.54, 1.807) is 12.1 Å². The SMILES string of the molecule is COC(=O)[C@H]1CC[C@@H](C(=O)OC)[C@H](c2ccco2)C[C@@H]1O. The highest BCUT2D eigenvalue weighted by atomic mass is 16.5. The molecule has 6 heteroatoms. The summed E-state index contributed by atoms with van der Waals surface area (Å²) >= 11 is 0. The predicted octanol–water partition coefficient (Wildman–Crippen LogP) is 1.49. The quantitative estimate of drug-likeness (QED) is 0.672. The standard InChI is InChI=1S/C15H20O6/c1-19-14(17)9-5-6-10(15(18)20-2)12(16)8-11(9)13-4-3-7-21-13/h3-4,7,9-12,16H,5-6,8H2,1-2H3/t9-,10+,11-,12+/m1/s1. The van der Waals surface area contributed by atoms with Gasteiger partial charge in [0.1, 0.15) is 5.76 Å². The van der Waals surface area contributed by atoms with Gasteiger partial charge in [-0.15, -0.1) is 0 Å². The number of ether oxygens (including phenoxy) is 2. The zero-order chi connectivity index (χ0) is 15.4. The molecule has 0 saturated heterocycles. The highest BCUT2D eigenvalue weighted by molar-refractivity contribution is 5.75. The van der Waals surface area contributed by atoms with Gasteiger partial charge >= 0.3 is 11.9 Å². The van der Waals surface area contributed by atoms with Crippen LogP contribution in [0.4, 0.5) is 0 Å². The summed E-state index contributed by atoms with van der Waals surface area (Å²) in [5, 5.41) is 10.3. The van der Waals surface area contributed by atoms with Crippen LogP contribution in [0, 0.1) is 11.8 Å². The molecule has 0 unspecified atom stereocenters. The molecule has 0 radical (unpaired) electrons. The summed E-state index contributed by atoms with van der Waals surface area (Å²) < 4.78 is 15.0. The van der Waals surface area contributed by atoms with Crippen LogP contribution in [-0.2, 0) is 19.1 Å². The van der Waals surface area contributed by atoms with Crippen molar-refractivity contribution in [2.24, 2.45) is 11.8 Å². The largest absolute Gasteiger partial charge is 0.469 e. The van der Waals surface area contributed by atoms with Crippen molar-refractivity contribution < 1.29 is 28.6 Å². The number of esters is 2. The molecule has 4 atom stereocenters. The lowest BCUT2D eigenvalue weighted by molar-refractivity contribution is -0.150. The van der Waals surface area contributed by atoms with Crippen LogP contribution in [0.25, 0.3) is 0 Å². The fourth-order valence-electron chi connectivity index (χ4n) is 3.02. The first-order valence-electron chi connectivity index (χ1n) is 6.95. The number of hydrogen-bond donors (Lipinski definition) is 1. The molecule has 6 nitrogen and oxygen atoms in total. The number of aliphatic hydroxyl groups is 1. The van der Waals surface area contributed by atoms with Crippen molar-refractivity contribution in [3.63, 3.8) is 0 Å². The molecule has 0 bridgehead atoms. The molecule has 1 aromatic rings. The van der Waals surface area contributed by atoms with Crippen LogP contribution >= 0.6 is 0 Å². The van der Waals surface area contributed by atoms with Gasteiger partial charge in [-0.1, -0.05) is 0 Å². The van der Waals surface area contributed by atoms with Gasteiger partial charge in [-0.05, 0) is 31.4 Å². The highest BCUT2D eigenvalue weighted by Gasteiger charge is 2.41. The molecule has 1 fully saturated rings. The molecule has 0 aromatic carbocycles. The normalized spacial score (nSPS) is 29.5. The maximum Gasteiger partial charge on any atom is 0.311 e. The van der Waals surface area contributed by atoms with Crippen molar-refractivity contribution in [2.75, 3.05) is 14.2 Å². The number of aliphatic hydroxyl groups excluding tert-OH is 1. The number of methoxy groups -OCH3 is 2. The maximum absolute atomic E-state index is 12.0. The lowest BCUT2D eigenvalue weighted by Gasteiger charge is -2.22. The highest BCUT2D eigenvalue weighted by Crippen LogP contribution is 2.39. The van der Waals surface area contributed by atoms with E-state index in [2.05, 4.69) is 0 Å². The topological polar surface area (TPSA) is 86.0 Å². The number of carbonyl (C=O) groups excluding carboxylic acids is 2. The monoisotopic (exact) mass is 296 g/mol. The third-order valence-electron chi connectivity index (χ3n) is 4.15. The molecular formula is C15H20O6. The van der Waals surface area contributed by atoms with Crippen LogP contribution in [0.2, 0.25) is 0 Å². The minimum absolute atomic E-state index is 0.257. The Balaban J connectivity index is 2.27. The minimum atomic E-state index is -0.873. The van der Waals surface area contributed by atoms with Gasteiger partial charge in [0, 0.05) is 5.92 Å². The van der Waals surface area contributed by atoms with Gasteiger partial charge in [0.25, 0.3) is 0 Å². The summed E-state index contributed by atoms with van der Waals surface area (Å²) in [6.45, 7) is 0. The molecule has 1 saturated carbocycles. The van der Waals surface area contributed by atoms with Crippen molar-refractivity contribution in [2.45, 2.75) is 31.3 Å². The zero-order valence-corrected chi connectivity index (χ0v) is 12.2. The molecule has 0 aliphatic heterocycles. The average Bonchev–Trinajstić information content (AvgIpc) is 2.96. The Labute approximate surface area is 123 Å². The summed E-state index contributed by atoms with van der Waals surface area (Å²) in [6.07, 6.45) is 1.73. The van der Waals surface area contributed by atoms with Gasteiger partial charge in [-0.25, -0.2) is 0 Å². The Morgan fingerprint density at radius 3 is 2.38 bits per heavy atom. The van der Waals surface area contributed by atoms with E-state index in [4.69, 9.17) is 13.9 Å². The molecule has 1 N–H and O–H groups in total. The van der Waals surface area contributed by atoms with Crippen LogP contribution < -0.4 is 0 Å². The molecule has 116 valence electrons. The first kappa shape index (κ1) is 15.6. The molecule has 0 amide bonds. The number of furan rings is 1. The van der Waals surface area contributed by atoms with E-state index in [1.807, 2.05) is 0 Å². The van der Waals surface area contributed by atoms with Gasteiger partial charge in [0.2, 0.25) is 0 Å². The van der Waals surface area contributed by atoms with E-state index in [0.717, 1.165) is 0 Å². The van der Waals surface area contributed by atoms with Gasteiger partial charge in [0.15, 0.2) is 0 Å². The van der Waals surface area contributed by atoms with Gasteiger partial charge < -0.3 is 19.0 Å². The van der Waals surface area contributed by atoms with Gasteiger partial charge in [-0.2, -0.15) is 0 Å². The first-order chi connectivity index (χ1) is 10.1. The van der Waals surface area contributed by atoms with Crippen LogP contribution in [0.3, 0.4) is 0 Å². The van der Waals surface area contributed by atoms with Crippen LogP contribution in [0.1, 0.15) is 30.9 Å². The number of carbonyl (C=O) groups is 2. The van der Waals surface area contributed by atoms with Crippen molar-refractivity contribution in [3.05, 3.63) is 24.2 Å². The van der Waals surface area contributed by atoms with E-state index in [-0.39, 0.29) is 18.3 Å². The van der Waals surface area contributed by atoms with Crippen molar-refractivity contribution >= 4 is 11.9 Å². The molecule has 0 spiro atoms. The molecule has 1 aliphatic rings. The van der Waals surface area contributed by atoms with Gasteiger partial charge in [0.05, 0.1) is 38.4 Å². The van der Waals surface area contributed by atoms with Gasteiger partial charge in [-0.3, -0.25) is 9.59 Å². The van der Waals surface area contributed by atoms with E-state index >= 15 is 0 Å². The predicted molar refractivity (Wildman–Crippen MR) is 72.3 cm³/mol. The first-order valence-corrected chi connectivity index (χ1v) is 6.95. The second-order valence-electron chi connectivity index (χ2n) is 5.26. The number of rotatable bonds is 3. The molecule has 1 aromatic heterocycles.